The van der Waals surface area contributed by atoms with Crippen LogP contribution in [-0.2, 0) is 22.0 Å². The van der Waals surface area contributed by atoms with Crippen LogP contribution in [0.2, 0.25) is 0 Å². The van der Waals surface area contributed by atoms with E-state index in [0.717, 1.165) is 67.7 Å². The van der Waals surface area contributed by atoms with Crippen molar-refractivity contribution < 1.29 is 13.7 Å². The van der Waals surface area contributed by atoms with Gasteiger partial charge in [-0.2, -0.15) is 4.98 Å². The van der Waals surface area contributed by atoms with Gasteiger partial charge in [0.05, 0.1) is 29.6 Å². The van der Waals surface area contributed by atoms with Gasteiger partial charge < -0.3 is 19.7 Å². The van der Waals surface area contributed by atoms with Gasteiger partial charge in [-0.05, 0) is 25.0 Å². The normalized spacial score (nSPS) is 22.6. The van der Waals surface area contributed by atoms with E-state index in [9.17, 15) is 4.21 Å². The van der Waals surface area contributed by atoms with Crippen molar-refractivity contribution in [2.24, 2.45) is 0 Å². The molecule has 0 amide bonds. The van der Waals surface area contributed by atoms with E-state index >= 15 is 0 Å². The summed E-state index contributed by atoms with van der Waals surface area (Å²) in [6.45, 7) is 3.03. The van der Waals surface area contributed by atoms with Gasteiger partial charge in [0.15, 0.2) is 0 Å². The van der Waals surface area contributed by atoms with Crippen molar-refractivity contribution in [1.82, 2.24) is 9.97 Å². The average molecular weight is 401 g/mol. The molecule has 0 bridgehead atoms. The van der Waals surface area contributed by atoms with Crippen LogP contribution in [0.3, 0.4) is 0 Å². The van der Waals surface area contributed by atoms with Crippen LogP contribution in [0.4, 0.5) is 11.8 Å². The lowest BCUT2D eigenvalue weighted by Gasteiger charge is -2.39. The number of benzene rings is 1. The van der Waals surface area contributed by atoms with Crippen molar-refractivity contribution in [1.29, 1.82) is 0 Å². The molecular formula is C20H24N4O3S. The first-order valence-electron chi connectivity index (χ1n) is 9.86. The van der Waals surface area contributed by atoms with Gasteiger partial charge in [-0.15, -0.1) is 0 Å². The molecule has 148 valence electrons. The zero-order valence-corrected chi connectivity index (χ0v) is 16.5. The standard InChI is InChI=1S/C20H24N4O3S/c25-28-11-8-17-18(28)19(21-14-6-9-26-10-7-14)23-20(22-17)24-12-16(13-24)27-15-4-2-1-3-5-15/h1-5,14,16H,6-13H2,(H,21,22,23). The molecule has 28 heavy (non-hydrogen) atoms. The first kappa shape index (κ1) is 17.9. The predicted molar refractivity (Wildman–Crippen MR) is 108 cm³/mol. The third kappa shape index (κ3) is 3.58. The predicted octanol–water partition coefficient (Wildman–Crippen LogP) is 2.00. The molecule has 1 aromatic heterocycles. The topological polar surface area (TPSA) is 76.6 Å². The molecule has 1 aromatic carbocycles. The Morgan fingerprint density at radius 3 is 2.71 bits per heavy atom. The lowest BCUT2D eigenvalue weighted by Crippen LogP contribution is -2.54. The largest absolute Gasteiger partial charge is 0.487 e. The Balaban J connectivity index is 1.31. The molecule has 7 nitrogen and oxygen atoms in total. The molecule has 2 saturated heterocycles. The molecule has 3 aliphatic rings. The zero-order chi connectivity index (χ0) is 18.9. The Bertz CT molecular complexity index is 867. The SMILES string of the molecule is O=S1CCc2nc(N3CC(Oc4ccccc4)C3)nc(NC3CCOCC3)c21. The maximum absolute atomic E-state index is 12.5. The second-order valence-electron chi connectivity index (χ2n) is 7.44. The highest BCUT2D eigenvalue weighted by molar-refractivity contribution is 7.85. The Kier molecular flexibility index (Phi) is 4.90. The molecule has 0 aliphatic carbocycles. The summed E-state index contributed by atoms with van der Waals surface area (Å²) in [5, 5.41) is 3.52. The quantitative estimate of drug-likeness (QED) is 0.823. The highest BCUT2D eigenvalue weighted by Crippen LogP contribution is 2.32. The number of para-hydroxylation sites is 1. The van der Waals surface area contributed by atoms with Crippen LogP contribution in [0, 0.1) is 0 Å². The van der Waals surface area contributed by atoms with E-state index in [1.165, 1.54) is 0 Å². The minimum atomic E-state index is -1.01. The molecule has 5 rings (SSSR count). The second kappa shape index (κ2) is 7.67. The van der Waals surface area contributed by atoms with Crippen LogP contribution in [0.5, 0.6) is 5.75 Å². The molecule has 1 atom stereocenters. The molecule has 8 heteroatoms. The second-order valence-corrected chi connectivity index (χ2v) is 8.94. The van der Waals surface area contributed by atoms with E-state index < -0.39 is 10.8 Å². The lowest BCUT2D eigenvalue weighted by atomic mass is 10.1. The fourth-order valence-electron chi connectivity index (χ4n) is 3.83. The van der Waals surface area contributed by atoms with E-state index in [2.05, 4.69) is 10.2 Å². The van der Waals surface area contributed by atoms with Crippen LogP contribution in [0.25, 0.3) is 0 Å². The maximum atomic E-state index is 12.5. The van der Waals surface area contributed by atoms with Crippen molar-refractivity contribution in [3.05, 3.63) is 36.0 Å². The van der Waals surface area contributed by atoms with Crippen LogP contribution < -0.4 is 15.0 Å². The maximum Gasteiger partial charge on any atom is 0.227 e. The molecule has 2 fully saturated rings. The smallest absolute Gasteiger partial charge is 0.227 e. The number of hydrogen-bond acceptors (Lipinski definition) is 7. The Labute approximate surface area is 166 Å². The highest BCUT2D eigenvalue weighted by atomic mass is 32.2. The summed E-state index contributed by atoms with van der Waals surface area (Å²) in [7, 11) is -1.01. The van der Waals surface area contributed by atoms with Crippen molar-refractivity contribution in [2.45, 2.75) is 36.3 Å². The number of nitrogens with zero attached hydrogens (tertiary/aromatic N) is 3. The first-order chi connectivity index (χ1) is 13.8. The third-order valence-corrected chi connectivity index (χ3v) is 6.87. The van der Waals surface area contributed by atoms with Gasteiger partial charge in [0.1, 0.15) is 22.6 Å². The molecule has 3 aliphatic heterocycles. The fourth-order valence-corrected chi connectivity index (χ4v) is 5.14. The van der Waals surface area contributed by atoms with Gasteiger partial charge in [0, 0.05) is 31.4 Å². The van der Waals surface area contributed by atoms with Crippen LogP contribution in [0.15, 0.2) is 35.2 Å². The molecule has 0 radical (unpaired) electrons. The van der Waals surface area contributed by atoms with E-state index in [0.29, 0.717) is 17.7 Å². The molecule has 1 unspecified atom stereocenters. The van der Waals surface area contributed by atoms with Crippen molar-refractivity contribution >= 4 is 22.6 Å². The average Bonchev–Trinajstić information content (AvgIpc) is 3.07. The van der Waals surface area contributed by atoms with Crippen LogP contribution in [0.1, 0.15) is 18.5 Å². The van der Waals surface area contributed by atoms with Crippen LogP contribution >= 0.6 is 0 Å². The van der Waals surface area contributed by atoms with Gasteiger partial charge in [-0.1, -0.05) is 18.2 Å². The minimum absolute atomic E-state index is 0.139. The molecule has 1 N–H and O–H groups in total. The van der Waals surface area contributed by atoms with Gasteiger partial charge >= 0.3 is 0 Å². The number of fused-ring (bicyclic) bond motifs is 1. The molecule has 4 heterocycles. The van der Waals surface area contributed by atoms with Gasteiger partial charge in [-0.25, -0.2) is 4.98 Å². The molecule has 0 saturated carbocycles. The molecular weight excluding hydrogens is 376 g/mol. The van der Waals surface area contributed by atoms with E-state index in [-0.39, 0.29) is 6.10 Å². The summed E-state index contributed by atoms with van der Waals surface area (Å²) in [6, 6.07) is 10.2. The summed E-state index contributed by atoms with van der Waals surface area (Å²) >= 11 is 0. The van der Waals surface area contributed by atoms with E-state index in [4.69, 9.17) is 19.4 Å². The summed E-state index contributed by atoms with van der Waals surface area (Å²) < 4.78 is 23.9. The zero-order valence-electron chi connectivity index (χ0n) is 15.7. The number of aryl methyl sites for hydroxylation is 1. The van der Waals surface area contributed by atoms with E-state index in [1.54, 1.807) is 0 Å². The fraction of sp³-hybridized carbons (Fsp3) is 0.500. The van der Waals surface area contributed by atoms with Crippen molar-refractivity contribution in [3.8, 4) is 5.75 Å². The number of aromatic nitrogens is 2. The van der Waals surface area contributed by atoms with Gasteiger partial charge in [0.25, 0.3) is 0 Å². The van der Waals surface area contributed by atoms with Gasteiger partial charge in [-0.3, -0.25) is 4.21 Å². The molecule has 2 aromatic rings. The number of nitrogens with one attached hydrogen (secondary N) is 1. The minimum Gasteiger partial charge on any atom is -0.487 e. The lowest BCUT2D eigenvalue weighted by molar-refractivity contribution is 0.0903. The first-order valence-corrected chi connectivity index (χ1v) is 11.2. The molecule has 0 spiro atoms. The summed E-state index contributed by atoms with van der Waals surface area (Å²) in [5.74, 6) is 2.98. The van der Waals surface area contributed by atoms with Gasteiger partial charge in [0.2, 0.25) is 5.95 Å². The number of anilines is 2. The van der Waals surface area contributed by atoms with Crippen molar-refractivity contribution in [2.75, 3.05) is 42.3 Å². The third-order valence-electron chi connectivity index (χ3n) is 5.41. The highest BCUT2D eigenvalue weighted by Gasteiger charge is 2.34. The Morgan fingerprint density at radius 2 is 1.93 bits per heavy atom. The van der Waals surface area contributed by atoms with Crippen LogP contribution in [-0.4, -0.2) is 58.4 Å². The summed E-state index contributed by atoms with van der Waals surface area (Å²) in [4.78, 5) is 12.4. The summed E-state index contributed by atoms with van der Waals surface area (Å²) in [6.07, 6.45) is 2.77. The number of rotatable bonds is 5. The summed E-state index contributed by atoms with van der Waals surface area (Å²) in [5.41, 5.74) is 0.922. The Morgan fingerprint density at radius 1 is 1.14 bits per heavy atom. The Hall–Kier alpha value is -2.19. The monoisotopic (exact) mass is 400 g/mol. The van der Waals surface area contributed by atoms with E-state index in [1.807, 2.05) is 30.3 Å². The number of ether oxygens (including phenoxy) is 2. The number of hydrogen-bond donors (Lipinski definition) is 1. The van der Waals surface area contributed by atoms with Crippen molar-refractivity contribution in [3.63, 3.8) is 0 Å².